The molecule has 1 N–H and O–H groups in total. The summed E-state index contributed by atoms with van der Waals surface area (Å²) in [6, 6.07) is 4.76. The predicted octanol–water partition coefficient (Wildman–Crippen LogP) is 4.48. The quantitative estimate of drug-likeness (QED) is 0.462. The number of nitrogens with one attached hydrogen (secondary N) is 1. The maximum atomic E-state index is 14.5. The number of piperazine rings is 1. The SMILES string of the molecule is CCNc1cc2c(cn1)c(N1CCC(N3CCN(C)CC3)CC1)nn2C1CCC(Oc2nccc(C)c2F)CC1. The Kier molecular flexibility index (Phi) is 8.07. The van der Waals surface area contributed by atoms with Crippen molar-refractivity contribution < 1.29 is 9.13 Å². The lowest BCUT2D eigenvalue weighted by Gasteiger charge is -2.42. The molecular weight excluding hydrogens is 507 g/mol. The molecule has 0 aromatic carbocycles. The predicted molar refractivity (Wildman–Crippen MR) is 157 cm³/mol. The van der Waals surface area contributed by atoms with Gasteiger partial charge in [-0.2, -0.15) is 5.10 Å². The Morgan fingerprint density at radius 2 is 1.73 bits per heavy atom. The van der Waals surface area contributed by atoms with Crippen LogP contribution in [0.3, 0.4) is 0 Å². The smallest absolute Gasteiger partial charge is 0.250 e. The van der Waals surface area contributed by atoms with Crippen LogP contribution >= 0.6 is 0 Å². The van der Waals surface area contributed by atoms with Crippen LogP contribution in [-0.2, 0) is 0 Å². The zero-order valence-electron chi connectivity index (χ0n) is 24.2. The standard InChI is InChI=1S/C30H43FN8O/c1-4-32-27-19-26-25(20-34-27)29(38-13-10-22(11-14-38)37-17-15-36(3)16-18-37)35-39(26)23-5-7-24(8-6-23)40-30-28(31)21(2)9-12-33-30/h9,12,19-20,22-24H,4-8,10-11,13-18H2,1-3H3,(H,32,34). The molecule has 1 saturated carbocycles. The van der Waals surface area contributed by atoms with Gasteiger partial charge in [-0.1, -0.05) is 0 Å². The topological polar surface area (TPSA) is 74.6 Å². The van der Waals surface area contributed by atoms with Crippen molar-refractivity contribution in [3.63, 3.8) is 0 Å². The van der Waals surface area contributed by atoms with Gasteiger partial charge in [0.05, 0.1) is 16.9 Å². The Balaban J connectivity index is 1.17. The number of aromatic nitrogens is 4. The second-order valence-corrected chi connectivity index (χ2v) is 11.7. The lowest BCUT2D eigenvalue weighted by molar-refractivity contribution is 0.0981. The number of anilines is 2. The number of rotatable bonds is 7. The van der Waals surface area contributed by atoms with Gasteiger partial charge < -0.3 is 19.9 Å². The van der Waals surface area contributed by atoms with E-state index in [2.05, 4.69) is 49.7 Å². The first-order valence-corrected chi connectivity index (χ1v) is 15.1. The molecule has 3 aliphatic rings. The van der Waals surface area contributed by atoms with Crippen LogP contribution in [-0.4, -0.2) is 94.6 Å². The summed E-state index contributed by atoms with van der Waals surface area (Å²) >= 11 is 0. The van der Waals surface area contributed by atoms with Crippen molar-refractivity contribution in [2.75, 3.05) is 63.1 Å². The lowest BCUT2D eigenvalue weighted by atomic mass is 9.93. The average molecular weight is 551 g/mol. The summed E-state index contributed by atoms with van der Waals surface area (Å²) in [5.74, 6) is 1.71. The van der Waals surface area contributed by atoms with Gasteiger partial charge in [-0.25, -0.2) is 14.4 Å². The van der Waals surface area contributed by atoms with Gasteiger partial charge in [0, 0.05) is 70.3 Å². The number of hydrogen-bond donors (Lipinski definition) is 1. The molecule has 5 heterocycles. The van der Waals surface area contributed by atoms with E-state index in [1.54, 1.807) is 19.2 Å². The molecule has 6 rings (SSSR count). The Morgan fingerprint density at radius 3 is 2.45 bits per heavy atom. The monoisotopic (exact) mass is 550 g/mol. The van der Waals surface area contributed by atoms with Gasteiger partial charge in [0.15, 0.2) is 11.6 Å². The average Bonchev–Trinajstić information content (AvgIpc) is 3.35. The Bertz CT molecular complexity index is 1290. The number of aryl methyl sites for hydroxylation is 1. The van der Waals surface area contributed by atoms with E-state index in [1.807, 2.05) is 6.20 Å². The minimum absolute atomic E-state index is 0.0334. The molecule has 0 bridgehead atoms. The van der Waals surface area contributed by atoms with E-state index in [9.17, 15) is 4.39 Å². The molecule has 216 valence electrons. The van der Waals surface area contributed by atoms with Crippen LogP contribution in [0.1, 0.15) is 57.1 Å². The van der Waals surface area contributed by atoms with Crippen LogP contribution < -0.4 is 15.0 Å². The van der Waals surface area contributed by atoms with Crippen LogP contribution in [0.4, 0.5) is 16.0 Å². The summed E-state index contributed by atoms with van der Waals surface area (Å²) in [5.41, 5.74) is 1.70. The molecule has 3 aromatic heterocycles. The fourth-order valence-electron chi connectivity index (χ4n) is 6.60. The molecule has 0 atom stereocenters. The van der Waals surface area contributed by atoms with Gasteiger partial charge >= 0.3 is 0 Å². The second-order valence-electron chi connectivity index (χ2n) is 11.7. The molecule has 3 fully saturated rings. The van der Waals surface area contributed by atoms with Crippen molar-refractivity contribution in [1.29, 1.82) is 0 Å². The maximum absolute atomic E-state index is 14.5. The van der Waals surface area contributed by atoms with Gasteiger partial charge in [0.2, 0.25) is 0 Å². The van der Waals surface area contributed by atoms with E-state index in [1.165, 1.54) is 39.0 Å². The molecule has 0 unspecified atom stereocenters. The van der Waals surface area contributed by atoms with Gasteiger partial charge in [0.1, 0.15) is 11.9 Å². The Hall–Kier alpha value is -2.98. The summed E-state index contributed by atoms with van der Waals surface area (Å²) in [7, 11) is 2.22. The Morgan fingerprint density at radius 1 is 0.975 bits per heavy atom. The van der Waals surface area contributed by atoms with E-state index in [4.69, 9.17) is 14.8 Å². The number of fused-ring (bicyclic) bond motifs is 1. The first-order chi connectivity index (χ1) is 19.5. The second kappa shape index (κ2) is 11.9. The van der Waals surface area contributed by atoms with Crippen molar-refractivity contribution in [1.82, 2.24) is 29.5 Å². The molecule has 10 heteroatoms. The minimum atomic E-state index is -0.354. The summed E-state index contributed by atoms with van der Waals surface area (Å²) in [5, 5.41) is 9.76. The third kappa shape index (κ3) is 5.61. The van der Waals surface area contributed by atoms with E-state index in [0.29, 0.717) is 11.6 Å². The molecule has 9 nitrogen and oxygen atoms in total. The molecule has 2 aliphatic heterocycles. The van der Waals surface area contributed by atoms with Gasteiger partial charge in [0.25, 0.3) is 5.88 Å². The summed E-state index contributed by atoms with van der Waals surface area (Å²) in [6.07, 6.45) is 9.47. The fraction of sp³-hybridized carbons (Fsp3) is 0.633. The first kappa shape index (κ1) is 27.2. The van der Waals surface area contributed by atoms with Crippen LogP contribution in [0.25, 0.3) is 10.9 Å². The van der Waals surface area contributed by atoms with E-state index in [-0.39, 0.29) is 23.8 Å². The number of ether oxygens (including phenoxy) is 1. The number of likely N-dealkylation sites (N-methyl/N-ethyl adjacent to an activating group) is 1. The molecule has 40 heavy (non-hydrogen) atoms. The number of halogens is 1. The van der Waals surface area contributed by atoms with Crippen LogP contribution in [0.5, 0.6) is 5.88 Å². The highest BCUT2D eigenvalue weighted by atomic mass is 19.1. The molecule has 0 spiro atoms. The largest absolute Gasteiger partial charge is 0.472 e. The summed E-state index contributed by atoms with van der Waals surface area (Å²) in [6.45, 7) is 11.4. The van der Waals surface area contributed by atoms with E-state index in [0.717, 1.165) is 67.9 Å². The van der Waals surface area contributed by atoms with Crippen molar-refractivity contribution in [3.05, 3.63) is 35.9 Å². The van der Waals surface area contributed by atoms with E-state index >= 15 is 0 Å². The fourth-order valence-corrected chi connectivity index (χ4v) is 6.60. The van der Waals surface area contributed by atoms with Crippen LogP contribution in [0, 0.1) is 12.7 Å². The third-order valence-corrected chi connectivity index (χ3v) is 9.07. The number of nitrogens with zero attached hydrogens (tertiary/aromatic N) is 7. The first-order valence-electron chi connectivity index (χ1n) is 15.1. The van der Waals surface area contributed by atoms with Crippen LogP contribution in [0.15, 0.2) is 24.5 Å². The molecular formula is C30H43FN8O. The molecule has 0 amide bonds. The van der Waals surface area contributed by atoms with Crippen molar-refractivity contribution in [3.8, 4) is 5.88 Å². The van der Waals surface area contributed by atoms with Gasteiger partial charge in [-0.3, -0.25) is 9.58 Å². The van der Waals surface area contributed by atoms with Crippen LogP contribution in [0.2, 0.25) is 0 Å². The van der Waals surface area contributed by atoms with Gasteiger partial charge in [-0.05, 0) is 71.0 Å². The zero-order valence-corrected chi connectivity index (χ0v) is 24.2. The lowest BCUT2D eigenvalue weighted by Crippen LogP contribution is -2.52. The van der Waals surface area contributed by atoms with Gasteiger partial charge in [-0.15, -0.1) is 0 Å². The normalized spacial score (nSPS) is 23.6. The minimum Gasteiger partial charge on any atom is -0.472 e. The Labute approximate surface area is 236 Å². The number of piperidine rings is 1. The molecule has 3 aromatic rings. The molecule has 2 saturated heterocycles. The highest BCUT2D eigenvalue weighted by Crippen LogP contribution is 2.37. The zero-order chi connectivity index (χ0) is 27.6. The summed E-state index contributed by atoms with van der Waals surface area (Å²) in [4.78, 5) is 16.4. The summed E-state index contributed by atoms with van der Waals surface area (Å²) < 4.78 is 22.7. The van der Waals surface area contributed by atoms with E-state index < -0.39 is 0 Å². The van der Waals surface area contributed by atoms with Crippen molar-refractivity contribution >= 4 is 22.5 Å². The number of pyridine rings is 2. The highest BCUT2D eigenvalue weighted by Gasteiger charge is 2.31. The highest BCUT2D eigenvalue weighted by molar-refractivity contribution is 5.91. The molecule has 1 aliphatic carbocycles. The number of hydrogen-bond acceptors (Lipinski definition) is 8. The maximum Gasteiger partial charge on any atom is 0.250 e. The molecule has 0 radical (unpaired) electrons. The third-order valence-electron chi connectivity index (χ3n) is 9.07. The van der Waals surface area contributed by atoms with Crippen molar-refractivity contribution in [2.24, 2.45) is 0 Å². The van der Waals surface area contributed by atoms with Crippen molar-refractivity contribution in [2.45, 2.75) is 70.6 Å².